The van der Waals surface area contributed by atoms with Crippen LogP contribution in [-0.4, -0.2) is 26.0 Å². The van der Waals surface area contributed by atoms with Crippen molar-refractivity contribution in [2.24, 2.45) is 0 Å². The molecule has 0 atom stereocenters. The Morgan fingerprint density at radius 2 is 1.85 bits per heavy atom. The molecule has 2 aromatic rings. The maximum atomic E-state index is 12.5. The second-order valence-electron chi connectivity index (χ2n) is 5.54. The van der Waals surface area contributed by atoms with E-state index in [2.05, 4.69) is 0 Å². The average molecular weight is 354 g/mol. The van der Waals surface area contributed by atoms with E-state index >= 15 is 0 Å². The Bertz CT molecular complexity index is 897. The van der Waals surface area contributed by atoms with Gasteiger partial charge in [0.2, 0.25) is 5.78 Å². The number of benzene rings is 2. The number of fused-ring (bicyclic) bond motifs is 1. The highest BCUT2D eigenvalue weighted by molar-refractivity contribution is 6.14. The summed E-state index contributed by atoms with van der Waals surface area (Å²) in [5.74, 6) is 1.46. The van der Waals surface area contributed by atoms with Crippen LogP contribution in [0.1, 0.15) is 29.3 Å². The van der Waals surface area contributed by atoms with E-state index in [9.17, 15) is 9.59 Å². The Labute approximate surface area is 150 Å². The molecule has 0 fully saturated rings. The molecule has 1 aliphatic rings. The van der Waals surface area contributed by atoms with Gasteiger partial charge in [0.15, 0.2) is 17.3 Å². The van der Waals surface area contributed by atoms with Crippen molar-refractivity contribution < 1.29 is 28.5 Å². The molecule has 1 heterocycles. The molecule has 134 valence electrons. The van der Waals surface area contributed by atoms with Gasteiger partial charge in [-0.05, 0) is 35.9 Å². The van der Waals surface area contributed by atoms with Crippen molar-refractivity contribution in [3.05, 3.63) is 53.3 Å². The van der Waals surface area contributed by atoms with E-state index in [0.717, 1.165) is 5.56 Å². The number of Topliss-reactive ketones (excluding diaryl/α,β-unsaturated/α-hetero) is 1. The van der Waals surface area contributed by atoms with Gasteiger partial charge in [0.05, 0.1) is 19.8 Å². The van der Waals surface area contributed by atoms with Crippen LogP contribution in [-0.2, 0) is 4.79 Å². The lowest BCUT2D eigenvalue weighted by Gasteiger charge is -2.08. The number of ether oxygens (including phenoxy) is 4. The Morgan fingerprint density at radius 3 is 2.54 bits per heavy atom. The fourth-order valence-corrected chi connectivity index (χ4v) is 2.53. The molecule has 2 aromatic carbocycles. The number of esters is 1. The predicted molar refractivity (Wildman–Crippen MR) is 94.8 cm³/mol. The summed E-state index contributed by atoms with van der Waals surface area (Å²) in [6.07, 6.45) is 1.89. The van der Waals surface area contributed by atoms with Crippen LogP contribution in [0.15, 0.2) is 42.2 Å². The van der Waals surface area contributed by atoms with Crippen molar-refractivity contribution in [1.82, 2.24) is 0 Å². The monoisotopic (exact) mass is 354 g/mol. The standard InChI is InChI=1S/C20H18O6/c1-4-19(21)25-13-6-7-14-16(11-13)26-18(20(14)22)10-12-5-8-15(23-2)17(9-12)24-3/h5-11H,4H2,1-3H3. The highest BCUT2D eigenvalue weighted by Crippen LogP contribution is 2.36. The van der Waals surface area contributed by atoms with Crippen LogP contribution >= 0.6 is 0 Å². The van der Waals surface area contributed by atoms with Crippen molar-refractivity contribution in [2.75, 3.05) is 14.2 Å². The second-order valence-corrected chi connectivity index (χ2v) is 5.54. The molecule has 6 heteroatoms. The number of hydrogen-bond donors (Lipinski definition) is 0. The van der Waals surface area contributed by atoms with Gasteiger partial charge in [-0.25, -0.2) is 0 Å². The van der Waals surface area contributed by atoms with E-state index in [1.54, 1.807) is 57.6 Å². The molecular weight excluding hydrogens is 336 g/mol. The summed E-state index contributed by atoms with van der Waals surface area (Å²) in [6.45, 7) is 1.71. The number of hydrogen-bond acceptors (Lipinski definition) is 6. The molecule has 3 rings (SSSR count). The zero-order valence-electron chi connectivity index (χ0n) is 14.7. The van der Waals surface area contributed by atoms with Crippen LogP contribution in [0, 0.1) is 0 Å². The first-order valence-electron chi connectivity index (χ1n) is 8.06. The second kappa shape index (κ2) is 7.31. The lowest BCUT2D eigenvalue weighted by atomic mass is 10.1. The van der Waals surface area contributed by atoms with Gasteiger partial charge in [0.1, 0.15) is 11.5 Å². The summed E-state index contributed by atoms with van der Waals surface area (Å²) < 4.78 is 21.3. The highest BCUT2D eigenvalue weighted by atomic mass is 16.5. The quantitative estimate of drug-likeness (QED) is 0.464. The summed E-state index contributed by atoms with van der Waals surface area (Å²) >= 11 is 0. The number of carbonyl (C=O) groups is 2. The number of allylic oxidation sites excluding steroid dienone is 1. The van der Waals surface area contributed by atoms with Crippen LogP contribution < -0.4 is 18.9 Å². The van der Waals surface area contributed by atoms with Gasteiger partial charge in [-0.1, -0.05) is 13.0 Å². The average Bonchev–Trinajstić information content (AvgIpc) is 2.96. The number of rotatable bonds is 5. The van der Waals surface area contributed by atoms with E-state index in [1.165, 1.54) is 6.07 Å². The van der Waals surface area contributed by atoms with E-state index < -0.39 is 0 Å². The molecule has 1 aliphatic heterocycles. The smallest absolute Gasteiger partial charge is 0.310 e. The largest absolute Gasteiger partial charge is 0.493 e. The van der Waals surface area contributed by atoms with Crippen LogP contribution in [0.25, 0.3) is 6.08 Å². The molecule has 0 unspecified atom stereocenters. The van der Waals surface area contributed by atoms with Gasteiger partial charge < -0.3 is 18.9 Å². The van der Waals surface area contributed by atoms with E-state index in [4.69, 9.17) is 18.9 Å². The molecule has 0 saturated heterocycles. The van der Waals surface area contributed by atoms with E-state index in [-0.39, 0.29) is 23.9 Å². The fraction of sp³-hybridized carbons (Fsp3) is 0.200. The van der Waals surface area contributed by atoms with Gasteiger partial charge in [-0.2, -0.15) is 0 Å². The third-order valence-electron chi connectivity index (χ3n) is 3.87. The van der Waals surface area contributed by atoms with Crippen molar-refractivity contribution >= 4 is 17.8 Å². The summed E-state index contributed by atoms with van der Waals surface area (Å²) in [7, 11) is 3.10. The first-order chi connectivity index (χ1) is 12.5. The minimum Gasteiger partial charge on any atom is -0.493 e. The molecular formula is C20H18O6. The van der Waals surface area contributed by atoms with E-state index in [0.29, 0.717) is 28.6 Å². The summed E-state index contributed by atoms with van der Waals surface area (Å²) in [5, 5.41) is 0. The molecule has 0 saturated carbocycles. The maximum Gasteiger partial charge on any atom is 0.310 e. The topological polar surface area (TPSA) is 71.1 Å². The van der Waals surface area contributed by atoms with E-state index in [1.807, 2.05) is 0 Å². The van der Waals surface area contributed by atoms with Gasteiger partial charge in [0, 0.05) is 12.5 Å². The molecule has 0 radical (unpaired) electrons. The van der Waals surface area contributed by atoms with Crippen molar-refractivity contribution in [3.63, 3.8) is 0 Å². The molecule has 26 heavy (non-hydrogen) atoms. The van der Waals surface area contributed by atoms with Gasteiger partial charge >= 0.3 is 5.97 Å². The SMILES string of the molecule is CCC(=O)Oc1ccc2c(c1)OC(=Cc1ccc(OC)c(OC)c1)C2=O. The molecule has 0 amide bonds. The lowest BCUT2D eigenvalue weighted by Crippen LogP contribution is -2.05. The summed E-state index contributed by atoms with van der Waals surface area (Å²) in [5.41, 5.74) is 1.16. The Balaban J connectivity index is 1.87. The Hall–Kier alpha value is -3.28. The first kappa shape index (κ1) is 17.5. The predicted octanol–water partition coefficient (Wildman–Crippen LogP) is 3.64. The lowest BCUT2D eigenvalue weighted by molar-refractivity contribution is -0.134. The molecule has 0 bridgehead atoms. The Morgan fingerprint density at radius 1 is 1.08 bits per heavy atom. The van der Waals surface area contributed by atoms with Gasteiger partial charge in [0.25, 0.3) is 0 Å². The normalized spacial score (nSPS) is 14.0. The Kier molecular flexibility index (Phi) is 4.93. The zero-order valence-corrected chi connectivity index (χ0v) is 14.7. The van der Waals surface area contributed by atoms with Crippen LogP contribution in [0.3, 0.4) is 0 Å². The maximum absolute atomic E-state index is 12.5. The summed E-state index contributed by atoms with van der Waals surface area (Å²) in [4.78, 5) is 23.9. The fourth-order valence-electron chi connectivity index (χ4n) is 2.53. The number of ketones is 1. The molecule has 0 aromatic heterocycles. The van der Waals surface area contributed by atoms with Crippen molar-refractivity contribution in [3.8, 4) is 23.0 Å². The first-order valence-corrected chi connectivity index (χ1v) is 8.06. The van der Waals surface area contributed by atoms with Crippen molar-refractivity contribution in [1.29, 1.82) is 0 Å². The minimum absolute atomic E-state index is 0.186. The molecule has 0 N–H and O–H groups in total. The van der Waals surface area contributed by atoms with Gasteiger partial charge in [-0.15, -0.1) is 0 Å². The van der Waals surface area contributed by atoms with Crippen LogP contribution in [0.4, 0.5) is 0 Å². The minimum atomic E-state index is -0.352. The summed E-state index contributed by atoms with van der Waals surface area (Å²) in [6, 6.07) is 10.00. The highest BCUT2D eigenvalue weighted by Gasteiger charge is 2.28. The zero-order chi connectivity index (χ0) is 18.7. The number of carbonyl (C=O) groups excluding carboxylic acids is 2. The molecule has 6 nitrogen and oxygen atoms in total. The van der Waals surface area contributed by atoms with Crippen LogP contribution in [0.5, 0.6) is 23.0 Å². The molecule has 0 spiro atoms. The molecule has 0 aliphatic carbocycles. The third kappa shape index (κ3) is 3.39. The van der Waals surface area contributed by atoms with Crippen molar-refractivity contribution in [2.45, 2.75) is 13.3 Å². The van der Waals surface area contributed by atoms with Gasteiger partial charge in [-0.3, -0.25) is 9.59 Å². The number of methoxy groups -OCH3 is 2. The van der Waals surface area contributed by atoms with Crippen LogP contribution in [0.2, 0.25) is 0 Å². The third-order valence-corrected chi connectivity index (χ3v) is 3.87.